The van der Waals surface area contributed by atoms with Crippen LogP contribution in [0.2, 0.25) is 0 Å². The highest BCUT2D eigenvalue weighted by molar-refractivity contribution is 5.92. The standard InChI is InChI=1S/C15H16N2O/c1-11-3-5-13(6-4-11)10-15(18)17-14-7-8-16-12(2)9-14/h3-9H,10H2,1-2H3,(H,16,17,18). The normalized spacial score (nSPS) is 10.1. The van der Waals surface area contributed by atoms with Gasteiger partial charge in [-0.1, -0.05) is 29.8 Å². The lowest BCUT2D eigenvalue weighted by Crippen LogP contribution is -2.14. The molecule has 18 heavy (non-hydrogen) atoms. The van der Waals surface area contributed by atoms with Gasteiger partial charge in [-0.2, -0.15) is 0 Å². The van der Waals surface area contributed by atoms with Crippen LogP contribution in [-0.4, -0.2) is 10.9 Å². The maximum Gasteiger partial charge on any atom is 0.228 e. The third-order valence-corrected chi connectivity index (χ3v) is 2.67. The maximum atomic E-state index is 11.8. The Morgan fingerprint density at radius 1 is 1.17 bits per heavy atom. The van der Waals surface area contributed by atoms with Crippen LogP contribution in [0.15, 0.2) is 42.6 Å². The molecule has 0 unspecified atom stereocenters. The molecule has 3 nitrogen and oxygen atoms in total. The van der Waals surface area contributed by atoms with Gasteiger partial charge < -0.3 is 5.32 Å². The summed E-state index contributed by atoms with van der Waals surface area (Å²) in [5.74, 6) is -0.00977. The molecular weight excluding hydrogens is 224 g/mol. The highest BCUT2D eigenvalue weighted by Crippen LogP contribution is 2.09. The van der Waals surface area contributed by atoms with Crippen LogP contribution in [0.3, 0.4) is 0 Å². The number of pyridine rings is 1. The van der Waals surface area contributed by atoms with E-state index < -0.39 is 0 Å². The smallest absolute Gasteiger partial charge is 0.228 e. The molecule has 0 radical (unpaired) electrons. The van der Waals surface area contributed by atoms with Gasteiger partial charge in [-0.15, -0.1) is 0 Å². The maximum absolute atomic E-state index is 11.8. The van der Waals surface area contributed by atoms with Gasteiger partial charge in [0.25, 0.3) is 0 Å². The van der Waals surface area contributed by atoms with Gasteiger partial charge in [-0.25, -0.2) is 0 Å². The second-order valence-corrected chi connectivity index (χ2v) is 4.40. The number of anilines is 1. The van der Waals surface area contributed by atoms with E-state index in [1.807, 2.05) is 44.2 Å². The fourth-order valence-electron chi connectivity index (χ4n) is 1.72. The summed E-state index contributed by atoms with van der Waals surface area (Å²) < 4.78 is 0. The van der Waals surface area contributed by atoms with E-state index in [0.717, 1.165) is 16.9 Å². The van der Waals surface area contributed by atoms with E-state index in [9.17, 15) is 4.79 Å². The predicted octanol–water partition coefficient (Wildman–Crippen LogP) is 2.88. The molecule has 0 aliphatic heterocycles. The number of nitrogens with one attached hydrogen (secondary N) is 1. The van der Waals surface area contributed by atoms with Gasteiger partial charge in [0, 0.05) is 17.6 Å². The lowest BCUT2D eigenvalue weighted by molar-refractivity contribution is -0.115. The summed E-state index contributed by atoms with van der Waals surface area (Å²) in [5, 5.41) is 2.87. The number of aryl methyl sites for hydroxylation is 2. The molecule has 0 saturated heterocycles. The average Bonchev–Trinajstić information content (AvgIpc) is 2.32. The van der Waals surface area contributed by atoms with Crippen molar-refractivity contribution in [3.05, 3.63) is 59.4 Å². The van der Waals surface area contributed by atoms with Crippen LogP contribution in [-0.2, 0) is 11.2 Å². The third-order valence-electron chi connectivity index (χ3n) is 2.67. The topological polar surface area (TPSA) is 42.0 Å². The Balaban J connectivity index is 1.98. The van der Waals surface area contributed by atoms with E-state index in [2.05, 4.69) is 10.3 Å². The van der Waals surface area contributed by atoms with E-state index in [4.69, 9.17) is 0 Å². The second-order valence-electron chi connectivity index (χ2n) is 4.40. The zero-order chi connectivity index (χ0) is 13.0. The molecule has 0 aliphatic rings. The number of benzene rings is 1. The summed E-state index contributed by atoms with van der Waals surface area (Å²) in [6, 6.07) is 11.6. The van der Waals surface area contributed by atoms with Crippen molar-refractivity contribution in [2.24, 2.45) is 0 Å². The van der Waals surface area contributed by atoms with E-state index in [1.54, 1.807) is 12.3 Å². The van der Waals surface area contributed by atoms with E-state index in [1.165, 1.54) is 5.56 Å². The van der Waals surface area contributed by atoms with Gasteiger partial charge in [-0.3, -0.25) is 9.78 Å². The van der Waals surface area contributed by atoms with Crippen molar-refractivity contribution in [2.45, 2.75) is 20.3 Å². The summed E-state index contributed by atoms with van der Waals surface area (Å²) in [6.07, 6.45) is 2.08. The molecular formula is C15H16N2O. The van der Waals surface area contributed by atoms with Crippen molar-refractivity contribution in [2.75, 3.05) is 5.32 Å². The molecule has 1 heterocycles. The highest BCUT2D eigenvalue weighted by atomic mass is 16.1. The Morgan fingerprint density at radius 3 is 2.56 bits per heavy atom. The minimum Gasteiger partial charge on any atom is -0.326 e. The average molecular weight is 240 g/mol. The molecule has 1 aromatic heterocycles. The lowest BCUT2D eigenvalue weighted by Gasteiger charge is -2.06. The van der Waals surface area contributed by atoms with Crippen LogP contribution in [0.4, 0.5) is 5.69 Å². The zero-order valence-electron chi connectivity index (χ0n) is 10.6. The van der Waals surface area contributed by atoms with Crippen LogP contribution in [0.1, 0.15) is 16.8 Å². The van der Waals surface area contributed by atoms with Crippen LogP contribution in [0.5, 0.6) is 0 Å². The molecule has 0 bridgehead atoms. The molecule has 1 aromatic carbocycles. The molecule has 1 amide bonds. The third kappa shape index (κ3) is 3.42. The summed E-state index contributed by atoms with van der Waals surface area (Å²) >= 11 is 0. The highest BCUT2D eigenvalue weighted by Gasteiger charge is 2.04. The second kappa shape index (κ2) is 5.45. The van der Waals surface area contributed by atoms with Gasteiger partial charge in [0.15, 0.2) is 0 Å². The predicted molar refractivity (Wildman–Crippen MR) is 72.5 cm³/mol. The number of carbonyl (C=O) groups excluding carboxylic acids is 1. The number of carbonyl (C=O) groups is 1. The monoisotopic (exact) mass is 240 g/mol. The number of aromatic nitrogens is 1. The van der Waals surface area contributed by atoms with Crippen molar-refractivity contribution in [3.8, 4) is 0 Å². The molecule has 1 N–H and O–H groups in total. The first-order valence-electron chi connectivity index (χ1n) is 5.91. The van der Waals surface area contributed by atoms with Gasteiger partial charge in [0.05, 0.1) is 6.42 Å². The molecule has 0 fully saturated rings. The van der Waals surface area contributed by atoms with E-state index >= 15 is 0 Å². The summed E-state index contributed by atoms with van der Waals surface area (Å²) in [4.78, 5) is 15.9. The van der Waals surface area contributed by atoms with Crippen LogP contribution in [0.25, 0.3) is 0 Å². The molecule has 2 rings (SSSR count). The first kappa shape index (κ1) is 12.3. The Morgan fingerprint density at radius 2 is 1.89 bits per heavy atom. The molecule has 3 heteroatoms. The number of hydrogen-bond donors (Lipinski definition) is 1. The fourth-order valence-corrected chi connectivity index (χ4v) is 1.72. The van der Waals surface area contributed by atoms with Gasteiger partial charge in [0.2, 0.25) is 5.91 Å². The SMILES string of the molecule is Cc1ccc(CC(=O)Nc2ccnc(C)c2)cc1. The quantitative estimate of drug-likeness (QED) is 0.896. The van der Waals surface area contributed by atoms with Crippen molar-refractivity contribution in [3.63, 3.8) is 0 Å². The lowest BCUT2D eigenvalue weighted by atomic mass is 10.1. The minimum absolute atomic E-state index is 0.00977. The molecule has 0 spiro atoms. The van der Waals surface area contributed by atoms with E-state index in [-0.39, 0.29) is 5.91 Å². The summed E-state index contributed by atoms with van der Waals surface area (Å²) in [7, 11) is 0. The van der Waals surface area contributed by atoms with Gasteiger partial charge in [0.1, 0.15) is 0 Å². The van der Waals surface area contributed by atoms with Crippen LogP contribution in [0, 0.1) is 13.8 Å². The fraction of sp³-hybridized carbons (Fsp3) is 0.200. The Labute approximate surface area is 107 Å². The van der Waals surface area contributed by atoms with Crippen molar-refractivity contribution >= 4 is 11.6 Å². The Kier molecular flexibility index (Phi) is 3.72. The molecule has 2 aromatic rings. The number of nitrogens with zero attached hydrogens (tertiary/aromatic N) is 1. The summed E-state index contributed by atoms with van der Waals surface area (Å²) in [5.41, 5.74) is 3.90. The van der Waals surface area contributed by atoms with Gasteiger partial charge >= 0.3 is 0 Å². The van der Waals surface area contributed by atoms with Gasteiger partial charge in [-0.05, 0) is 31.5 Å². The minimum atomic E-state index is -0.00977. The first-order chi connectivity index (χ1) is 8.63. The number of hydrogen-bond acceptors (Lipinski definition) is 2. The number of amides is 1. The number of rotatable bonds is 3. The van der Waals surface area contributed by atoms with Crippen molar-refractivity contribution in [1.29, 1.82) is 0 Å². The van der Waals surface area contributed by atoms with Crippen LogP contribution >= 0.6 is 0 Å². The molecule has 92 valence electrons. The van der Waals surface area contributed by atoms with E-state index in [0.29, 0.717) is 6.42 Å². The largest absolute Gasteiger partial charge is 0.326 e. The Hall–Kier alpha value is -2.16. The summed E-state index contributed by atoms with van der Waals surface area (Å²) in [6.45, 7) is 3.93. The van der Waals surface area contributed by atoms with Crippen LogP contribution < -0.4 is 5.32 Å². The first-order valence-corrected chi connectivity index (χ1v) is 5.91. The Bertz CT molecular complexity index is 547. The van der Waals surface area contributed by atoms with Crippen molar-refractivity contribution < 1.29 is 4.79 Å². The molecule has 0 atom stereocenters. The molecule has 0 aliphatic carbocycles. The van der Waals surface area contributed by atoms with Crippen molar-refractivity contribution in [1.82, 2.24) is 4.98 Å². The molecule has 0 saturated carbocycles. The zero-order valence-corrected chi connectivity index (χ0v) is 10.6.